The predicted molar refractivity (Wildman–Crippen MR) is 89.1 cm³/mol. The molecule has 0 spiro atoms. The summed E-state index contributed by atoms with van der Waals surface area (Å²) in [4.78, 5) is 23.3. The molecular formula is C18H26O6. The van der Waals surface area contributed by atoms with Gasteiger partial charge >= 0.3 is 5.97 Å². The van der Waals surface area contributed by atoms with Crippen LogP contribution in [0.5, 0.6) is 0 Å². The fraction of sp³-hybridized carbons (Fsp3) is 0.556. The van der Waals surface area contributed by atoms with Gasteiger partial charge in [-0.15, -0.1) is 0 Å². The molecule has 6 nitrogen and oxygen atoms in total. The zero-order chi connectivity index (χ0) is 17.5. The lowest BCUT2D eigenvalue weighted by Crippen LogP contribution is -2.20. The molecule has 0 bridgehead atoms. The highest BCUT2D eigenvalue weighted by molar-refractivity contribution is 6.40. The molecule has 0 heterocycles. The highest BCUT2D eigenvalue weighted by atomic mass is 16.6. The summed E-state index contributed by atoms with van der Waals surface area (Å²) >= 11 is 0. The number of carbonyl (C=O) groups excluding carboxylic acids is 2. The van der Waals surface area contributed by atoms with Gasteiger partial charge in [-0.25, -0.2) is 4.79 Å². The smallest absolute Gasteiger partial charge is 0.379 e. The van der Waals surface area contributed by atoms with E-state index in [0.717, 1.165) is 19.4 Å². The molecule has 0 aromatic heterocycles. The first-order valence-corrected chi connectivity index (χ1v) is 8.25. The van der Waals surface area contributed by atoms with Crippen molar-refractivity contribution in [1.82, 2.24) is 0 Å². The van der Waals surface area contributed by atoms with Crippen LogP contribution in [0.2, 0.25) is 0 Å². The van der Waals surface area contributed by atoms with Crippen molar-refractivity contribution >= 4 is 11.8 Å². The van der Waals surface area contributed by atoms with Gasteiger partial charge in [-0.2, -0.15) is 0 Å². The molecule has 0 aliphatic rings. The topological polar surface area (TPSA) is 71.1 Å². The second-order valence-corrected chi connectivity index (χ2v) is 5.02. The number of rotatable bonds is 14. The number of unbranched alkanes of at least 4 members (excludes halogenated alkanes) is 1. The van der Waals surface area contributed by atoms with Gasteiger partial charge in [0, 0.05) is 12.2 Å². The molecule has 0 aliphatic carbocycles. The molecule has 0 radical (unpaired) electrons. The van der Waals surface area contributed by atoms with Crippen LogP contribution in [0, 0.1) is 0 Å². The van der Waals surface area contributed by atoms with Crippen LogP contribution < -0.4 is 0 Å². The molecule has 0 N–H and O–H groups in total. The van der Waals surface area contributed by atoms with E-state index in [1.807, 2.05) is 0 Å². The highest BCUT2D eigenvalue weighted by Gasteiger charge is 2.16. The largest absolute Gasteiger partial charge is 0.457 e. The van der Waals surface area contributed by atoms with Crippen molar-refractivity contribution in [2.24, 2.45) is 0 Å². The maximum absolute atomic E-state index is 11.7. The Labute approximate surface area is 143 Å². The molecule has 134 valence electrons. The Bertz CT molecular complexity index is 460. The summed E-state index contributed by atoms with van der Waals surface area (Å²) in [5.41, 5.74) is 0.318. The van der Waals surface area contributed by atoms with E-state index in [0.29, 0.717) is 32.0 Å². The summed E-state index contributed by atoms with van der Waals surface area (Å²) in [6, 6.07) is 8.30. The van der Waals surface area contributed by atoms with Gasteiger partial charge in [-0.1, -0.05) is 43.7 Å². The lowest BCUT2D eigenvalue weighted by atomic mass is 10.1. The number of carbonyl (C=O) groups is 2. The van der Waals surface area contributed by atoms with Gasteiger partial charge in [0.1, 0.15) is 6.61 Å². The van der Waals surface area contributed by atoms with Gasteiger partial charge in [-0.05, 0) is 6.42 Å². The minimum Gasteiger partial charge on any atom is -0.457 e. The van der Waals surface area contributed by atoms with E-state index in [1.54, 1.807) is 30.3 Å². The summed E-state index contributed by atoms with van der Waals surface area (Å²) in [6.07, 6.45) is 2.19. The van der Waals surface area contributed by atoms with E-state index < -0.39 is 11.8 Å². The predicted octanol–water partition coefficient (Wildman–Crippen LogP) is 2.26. The standard InChI is InChI=1S/C18H26O6/c1-2-3-9-21-10-11-22-12-13-23-14-15-24-18(20)17(19)16-7-5-4-6-8-16/h4-8H,2-3,9-15H2,1H3. The van der Waals surface area contributed by atoms with Crippen molar-refractivity contribution in [1.29, 1.82) is 0 Å². The van der Waals surface area contributed by atoms with Crippen LogP contribution in [-0.2, 0) is 23.7 Å². The van der Waals surface area contributed by atoms with Crippen molar-refractivity contribution in [3.63, 3.8) is 0 Å². The van der Waals surface area contributed by atoms with E-state index in [1.165, 1.54) is 0 Å². The highest BCUT2D eigenvalue weighted by Crippen LogP contribution is 2.01. The maximum Gasteiger partial charge on any atom is 0.379 e. The third kappa shape index (κ3) is 9.39. The first-order valence-electron chi connectivity index (χ1n) is 8.25. The van der Waals surface area contributed by atoms with Crippen molar-refractivity contribution in [2.75, 3.05) is 46.2 Å². The Kier molecular flexibility index (Phi) is 11.5. The number of esters is 1. The van der Waals surface area contributed by atoms with Crippen LogP contribution in [0.15, 0.2) is 30.3 Å². The van der Waals surface area contributed by atoms with E-state index in [4.69, 9.17) is 18.9 Å². The summed E-state index contributed by atoms with van der Waals surface area (Å²) in [7, 11) is 0. The van der Waals surface area contributed by atoms with Gasteiger partial charge in [0.05, 0.1) is 33.0 Å². The van der Waals surface area contributed by atoms with Gasteiger partial charge in [-0.3, -0.25) is 4.79 Å². The SMILES string of the molecule is CCCCOCCOCCOCCOC(=O)C(=O)c1ccccc1. The number of ether oxygens (including phenoxy) is 4. The summed E-state index contributed by atoms with van der Waals surface area (Å²) in [5.74, 6) is -1.52. The van der Waals surface area contributed by atoms with Crippen LogP contribution >= 0.6 is 0 Å². The molecule has 0 aliphatic heterocycles. The van der Waals surface area contributed by atoms with Crippen LogP contribution in [0.1, 0.15) is 30.1 Å². The molecular weight excluding hydrogens is 312 g/mol. The lowest BCUT2D eigenvalue weighted by molar-refractivity contribution is -0.139. The Morgan fingerprint density at radius 1 is 0.792 bits per heavy atom. The third-order valence-corrected chi connectivity index (χ3v) is 3.07. The Morgan fingerprint density at radius 2 is 1.33 bits per heavy atom. The molecule has 0 atom stereocenters. The maximum atomic E-state index is 11.7. The Hall–Kier alpha value is -1.76. The number of benzene rings is 1. The first-order chi connectivity index (χ1) is 11.8. The second kappa shape index (κ2) is 13.7. The molecule has 1 aromatic carbocycles. The van der Waals surface area contributed by atoms with E-state index in [9.17, 15) is 9.59 Å². The van der Waals surface area contributed by atoms with Crippen LogP contribution in [0.3, 0.4) is 0 Å². The van der Waals surface area contributed by atoms with Crippen LogP contribution in [0.25, 0.3) is 0 Å². The second-order valence-electron chi connectivity index (χ2n) is 5.02. The number of ketones is 1. The monoisotopic (exact) mass is 338 g/mol. The van der Waals surface area contributed by atoms with Crippen molar-refractivity contribution in [3.8, 4) is 0 Å². The zero-order valence-corrected chi connectivity index (χ0v) is 14.2. The van der Waals surface area contributed by atoms with Crippen molar-refractivity contribution in [3.05, 3.63) is 35.9 Å². The lowest BCUT2D eigenvalue weighted by Gasteiger charge is -2.07. The van der Waals surface area contributed by atoms with Crippen molar-refractivity contribution in [2.45, 2.75) is 19.8 Å². The van der Waals surface area contributed by atoms with E-state index in [-0.39, 0.29) is 13.2 Å². The summed E-state index contributed by atoms with van der Waals surface area (Å²) in [6.45, 7) is 5.12. The average molecular weight is 338 g/mol. The first kappa shape index (κ1) is 20.3. The quantitative estimate of drug-likeness (QED) is 0.224. The third-order valence-electron chi connectivity index (χ3n) is 3.07. The minimum absolute atomic E-state index is 0.0392. The Morgan fingerprint density at radius 3 is 1.92 bits per heavy atom. The summed E-state index contributed by atoms with van der Waals surface area (Å²) in [5, 5.41) is 0. The van der Waals surface area contributed by atoms with Crippen molar-refractivity contribution < 1.29 is 28.5 Å². The van der Waals surface area contributed by atoms with Gasteiger partial charge < -0.3 is 18.9 Å². The molecule has 0 unspecified atom stereocenters. The molecule has 24 heavy (non-hydrogen) atoms. The van der Waals surface area contributed by atoms with Gasteiger partial charge in [0.2, 0.25) is 0 Å². The molecule has 1 rings (SSSR count). The fourth-order valence-corrected chi connectivity index (χ4v) is 1.75. The fourth-order valence-electron chi connectivity index (χ4n) is 1.75. The minimum atomic E-state index is -0.870. The zero-order valence-electron chi connectivity index (χ0n) is 14.2. The normalized spacial score (nSPS) is 10.5. The van der Waals surface area contributed by atoms with Gasteiger partial charge in [0.25, 0.3) is 5.78 Å². The average Bonchev–Trinajstić information content (AvgIpc) is 2.62. The molecule has 0 saturated carbocycles. The van der Waals surface area contributed by atoms with Crippen LogP contribution in [0.4, 0.5) is 0 Å². The number of Topliss-reactive ketones (excluding diaryl/α,β-unsaturated/α-hetero) is 1. The van der Waals surface area contributed by atoms with E-state index in [2.05, 4.69) is 6.92 Å². The Balaban J connectivity index is 1.93. The molecule has 6 heteroatoms. The number of hydrogen-bond donors (Lipinski definition) is 0. The molecule has 0 saturated heterocycles. The molecule has 0 amide bonds. The molecule has 1 aromatic rings. The molecule has 0 fully saturated rings. The van der Waals surface area contributed by atoms with Gasteiger partial charge in [0.15, 0.2) is 0 Å². The van der Waals surface area contributed by atoms with Crippen LogP contribution in [-0.4, -0.2) is 58.0 Å². The van der Waals surface area contributed by atoms with E-state index >= 15 is 0 Å². The summed E-state index contributed by atoms with van der Waals surface area (Å²) < 4.78 is 20.8. The number of hydrogen-bond acceptors (Lipinski definition) is 6.